The molecule has 0 aromatic heterocycles. The van der Waals surface area contributed by atoms with Gasteiger partial charge in [0.15, 0.2) is 18.9 Å². The van der Waals surface area contributed by atoms with Crippen LogP contribution in [0.15, 0.2) is 399 Å². The van der Waals surface area contributed by atoms with E-state index in [1.165, 1.54) is 11.8 Å². The molecule has 4 aliphatic rings. The first-order valence-electron chi connectivity index (χ1n) is 50.7. The number of ether oxygens (including phenoxy) is 19. The fourth-order valence-corrected chi connectivity index (χ4v) is 17.4. The molecule has 13 aromatic rings. The van der Waals surface area contributed by atoms with Crippen molar-refractivity contribution >= 4 is 11.8 Å². The van der Waals surface area contributed by atoms with Crippen LogP contribution in [0.2, 0.25) is 0 Å². The van der Waals surface area contributed by atoms with E-state index in [2.05, 4.69) is 0 Å². The van der Waals surface area contributed by atoms with Crippen molar-refractivity contribution in [1.82, 2.24) is 0 Å². The average molecular weight is 1850 g/mol. The molecule has 0 spiro atoms. The van der Waals surface area contributed by atoms with E-state index >= 15 is 0 Å². The second-order valence-electron chi connectivity index (χ2n) is 32.8. The topological polar surface area (TPSA) is 196 Å². The quantitative estimate of drug-likeness (QED) is 0.0378. The molecule has 1 N–H and O–H groups in total. The summed E-state index contributed by atoms with van der Waals surface area (Å²) in [5.41, 5.74) is 4.80. The molecule has 700 valence electrons. The van der Waals surface area contributed by atoms with E-state index in [1.807, 2.05) is 127 Å². The Bertz CT molecular complexity index is 5840. The first kappa shape index (κ1) is 84.9. The van der Waals surface area contributed by atoms with Crippen LogP contribution in [0.4, 0.5) is 0 Å². The van der Waals surface area contributed by atoms with Crippen molar-refractivity contribution in [2.45, 2.75) is 206 Å². The van der Waals surface area contributed by atoms with E-state index < -0.39 is 201 Å². The molecule has 4 aliphatic heterocycles. The molecule has 4 fully saturated rings. The lowest BCUT2D eigenvalue weighted by Gasteiger charge is -2.52. The van der Waals surface area contributed by atoms with Crippen LogP contribution in [0.5, 0.6) is 0 Å². The number of aliphatic hydroxyl groups is 1. The van der Waals surface area contributed by atoms with Crippen LogP contribution in [0, 0.1) is 0 Å². The Hall–Kier alpha value is -10.6. The molecular formula is C114H118O20S. The number of hydrogen-bond donors (Lipinski definition) is 1. The zero-order valence-corrected chi connectivity index (χ0v) is 75.1. The minimum Gasteiger partial charge on any atom is -0.385 e. The van der Waals surface area contributed by atoms with Gasteiger partial charge in [0.1, 0.15) is 103 Å². The van der Waals surface area contributed by atoms with Gasteiger partial charge in [0, 0.05) is 4.90 Å². The van der Waals surface area contributed by atoms with Gasteiger partial charge in [0.25, 0.3) is 0 Å². The van der Waals surface area contributed by atoms with E-state index in [0.717, 1.165) is 21.6 Å². The molecule has 21 heteroatoms. The largest absolute Gasteiger partial charge is 0.385 e. The zero-order valence-electron chi connectivity index (χ0n) is 83.3. The van der Waals surface area contributed by atoms with Crippen molar-refractivity contribution in [3.63, 3.8) is 0 Å². The Morgan fingerprint density at radius 1 is 0.207 bits per heavy atom. The molecule has 0 amide bonds. The van der Waals surface area contributed by atoms with Crippen molar-refractivity contribution < 1.29 is 107 Å². The predicted molar refractivity (Wildman–Crippen MR) is 512 cm³/mol. The van der Waals surface area contributed by atoms with Gasteiger partial charge in [-0.3, -0.25) is 0 Å². The lowest BCUT2D eigenvalue weighted by Crippen LogP contribution is -2.69. The molecule has 13 aromatic carbocycles. The first-order chi connectivity index (χ1) is 70.6. The maximum Gasteiger partial charge on any atom is 0.187 e. The van der Waals surface area contributed by atoms with E-state index in [-0.39, 0.29) is 26.4 Å². The minimum absolute atomic E-state index is 0.0247. The van der Waals surface area contributed by atoms with Gasteiger partial charge >= 0.3 is 0 Å². The highest BCUT2D eigenvalue weighted by molar-refractivity contribution is 7.99. The van der Waals surface area contributed by atoms with Crippen molar-refractivity contribution in [1.29, 1.82) is 0 Å². The zero-order chi connectivity index (χ0) is 99.3. The Labute approximate surface area is 808 Å². The molecule has 0 saturated carbocycles. The second kappa shape index (κ2) is 51.5. The summed E-state index contributed by atoms with van der Waals surface area (Å²) in [6.07, 6.45) is -31.8. The van der Waals surface area contributed by atoms with Crippen molar-refractivity contribution in [2.24, 2.45) is 0 Å². The predicted octanol–water partition coefficient (Wildman–Crippen LogP) is 19.7. The molecule has 17 rings (SSSR count). The second-order valence-corrected chi connectivity index (χ2v) is 34.0. The van der Waals surface area contributed by atoms with Crippen LogP contribution >= 0.6 is 11.8 Å². The fourth-order valence-electron chi connectivity index (χ4n) is 16.2. The van der Waals surface area contributed by atoms with Crippen molar-refractivity contribution in [2.75, 3.05) is 26.4 Å². The van der Waals surface area contributed by atoms with E-state index in [4.69, 9.17) is 90.0 Å². The molecule has 12 unspecified atom stereocenters. The third kappa shape index (κ3) is 28.3. The van der Waals surface area contributed by atoms with Crippen molar-refractivity contribution in [3.05, 3.63) is 461 Å². The summed E-state index contributed by atoms with van der Waals surface area (Å²) in [7, 11) is 0. The summed E-state index contributed by atoms with van der Waals surface area (Å²) in [4.78, 5) is 0.726. The normalized spacial score (nSPS) is 28.2. The Morgan fingerprint density at radius 2 is 0.430 bits per heavy atom. The summed E-state index contributed by atoms with van der Waals surface area (Å²) in [6.45, 7) is -15.5. The SMILES string of the molecule is [2H]C(OC[C@H]1OC(O[C@@H]2C(O[C@@H]3C(O[C@H]4[C@@H](OCc5ccccc5)[C@H](OCc5ccccc5)[C@@H](COCc5ccccc5)O[C@@H]4Sc4ccccc4)O[C@H](COC([2H])c4ccccc4)[C@@H](OC([2H])c4ccccc4)[C@@H]3OC([2H])c3ccccc3)O[C@H](COC([2H])c3ccccc3)[C@@H](OC([2H])c3ccccc3)[C@@H]2OC([2H])c2ccccc2)[C@@H](O)[C@@H](OC([2H])c2ccccc2)[C@@H]1OC([2H])c1ccccc1)c1ccccc1. The monoisotopic (exact) mass is 1850 g/mol. The number of benzene rings is 13. The van der Waals surface area contributed by atoms with Gasteiger partial charge < -0.3 is 95.1 Å². The van der Waals surface area contributed by atoms with Crippen LogP contribution < -0.4 is 0 Å². The molecule has 135 heavy (non-hydrogen) atoms. The molecule has 4 heterocycles. The van der Waals surface area contributed by atoms with Crippen LogP contribution in [0.3, 0.4) is 0 Å². The van der Waals surface area contributed by atoms with E-state index in [1.54, 1.807) is 267 Å². The minimum atomic E-state index is -2.14. The average Bonchev–Trinajstić information content (AvgIpc) is 0.745. The maximum absolute atomic E-state index is 14.1. The molecule has 20 nitrogen and oxygen atoms in total. The van der Waals surface area contributed by atoms with Crippen LogP contribution in [0.1, 0.15) is 79.1 Å². The Morgan fingerprint density at radius 3 is 0.763 bits per heavy atom. The molecule has 4 saturated heterocycles. The van der Waals surface area contributed by atoms with Crippen LogP contribution in [-0.4, -0.2) is 154 Å². The Kier molecular flexibility index (Phi) is 32.4. The molecule has 0 aliphatic carbocycles. The Balaban J connectivity index is 0.887. The number of rotatable bonds is 48. The lowest BCUT2D eigenvalue weighted by atomic mass is 9.95. The standard InChI is InChI=1S/C114H118O20S/c115-99-104(124-74-90-56-30-9-31-57-90)100(120-70-86-48-22-5-23-49-86)95(78-116-66-82-40-14-1-15-41-82)128-111(99)132-108-105(125-75-91-58-32-10-33-59-91)101(121-71-87-50-24-6-25-51-87)96(79-117-67-83-42-16-2-17-43-83)129-112(108)133-109-106(126-76-92-60-34-11-35-61-92)102(122-72-88-52-26-7-27-53-88)97(80-118-68-84-44-18-3-19-45-84)130-113(109)134-110-107(127-77-93-62-36-12-37-63-93)103(123-73-89-54-28-8-29-55-89)98(81-119-69-85-46-20-4-21-47-85)131-114(110)135-94-64-38-13-39-65-94/h1-65,95-115H,66-81H2/t95-,96-,97-,98-,99+,100-,101-,102-,103-,104-,105+,106+,107+,108+,109+,110+,111?,112?,113?,114-/m1/s1/i66D,67D,68D,70D,71D,72D,74D,75D,76D/t66?,67?,68?,70?,71?,72?,74?,75?,76?,95-,96-,97-,98-,99+,100-,101-,102-,103-,104-,105+,106+,107+,108+,109+,110+,111?,112?,113?,114-. The summed E-state index contributed by atoms with van der Waals surface area (Å²) in [5.74, 6) is 0. The first-order valence-corrected chi connectivity index (χ1v) is 46.4. The summed E-state index contributed by atoms with van der Waals surface area (Å²) in [6, 6.07) is 117. The molecular weight excluding hydrogens is 1720 g/mol. The molecule has 0 radical (unpaired) electrons. The van der Waals surface area contributed by atoms with Crippen LogP contribution in [0.25, 0.3) is 0 Å². The fraction of sp³-hybridized carbons (Fsp3) is 0.316. The van der Waals surface area contributed by atoms with Gasteiger partial charge in [0.2, 0.25) is 0 Å². The summed E-state index contributed by atoms with van der Waals surface area (Å²) < 4.78 is 229. The van der Waals surface area contributed by atoms with Gasteiger partial charge in [-0.1, -0.05) is 394 Å². The maximum atomic E-state index is 14.1. The smallest absolute Gasteiger partial charge is 0.187 e. The number of hydrogen-bond acceptors (Lipinski definition) is 21. The highest BCUT2D eigenvalue weighted by atomic mass is 32.2. The highest BCUT2D eigenvalue weighted by Gasteiger charge is 2.60. The number of aliphatic hydroxyl groups excluding tert-OH is 1. The summed E-state index contributed by atoms with van der Waals surface area (Å²) >= 11 is 1.31. The van der Waals surface area contributed by atoms with Crippen molar-refractivity contribution in [3.8, 4) is 0 Å². The summed E-state index contributed by atoms with van der Waals surface area (Å²) in [5, 5.41) is 14.1. The van der Waals surface area contributed by atoms with Gasteiger partial charge in [-0.05, 0) is 78.9 Å². The molecule has 29 atom stereocenters. The third-order valence-electron chi connectivity index (χ3n) is 23.0. The van der Waals surface area contributed by atoms with E-state index in [9.17, 15) is 17.4 Å². The van der Waals surface area contributed by atoms with Gasteiger partial charge in [-0.25, -0.2) is 0 Å². The van der Waals surface area contributed by atoms with E-state index in [0.29, 0.717) is 50.1 Å². The van der Waals surface area contributed by atoms with Crippen LogP contribution in [-0.2, 0) is 169 Å². The lowest BCUT2D eigenvalue weighted by molar-refractivity contribution is -0.410. The van der Waals surface area contributed by atoms with Gasteiger partial charge in [-0.15, -0.1) is 0 Å². The molecule has 0 bridgehead atoms. The highest BCUT2D eigenvalue weighted by Crippen LogP contribution is 2.44. The number of thioether (sulfide) groups is 1. The van der Waals surface area contributed by atoms with Gasteiger partial charge in [0.05, 0.1) is 118 Å². The van der Waals surface area contributed by atoms with Gasteiger partial charge in [-0.2, -0.15) is 0 Å². The third-order valence-corrected chi connectivity index (χ3v) is 24.2.